The molecule has 0 radical (unpaired) electrons. The van der Waals surface area contributed by atoms with Gasteiger partial charge in [0.15, 0.2) is 0 Å². The molecule has 0 aliphatic heterocycles. The number of hydrogen-bond donors (Lipinski definition) is 2. The second-order valence-corrected chi connectivity index (χ2v) is 5.33. The van der Waals surface area contributed by atoms with Crippen LogP contribution in [0, 0.1) is 0 Å². The van der Waals surface area contributed by atoms with Gasteiger partial charge in [-0.3, -0.25) is 4.68 Å². The molecule has 1 aromatic rings. The Morgan fingerprint density at radius 2 is 2.27 bits per heavy atom. The van der Waals surface area contributed by atoms with Crippen molar-refractivity contribution >= 4 is 15.7 Å². The van der Waals surface area contributed by atoms with Crippen LogP contribution in [0.2, 0.25) is 0 Å². The summed E-state index contributed by atoms with van der Waals surface area (Å²) in [4.78, 5) is 0. The van der Waals surface area contributed by atoms with E-state index >= 15 is 0 Å². The molecule has 15 heavy (non-hydrogen) atoms. The smallest absolute Gasteiger partial charge is 0.210 e. The van der Waals surface area contributed by atoms with Crippen LogP contribution in [0.3, 0.4) is 0 Å². The highest BCUT2D eigenvalue weighted by atomic mass is 32.2. The maximum absolute atomic E-state index is 10.7. The Hall–Kier alpha value is -1.08. The van der Waals surface area contributed by atoms with Crippen molar-refractivity contribution in [1.29, 1.82) is 0 Å². The number of rotatable bonds is 5. The molecule has 3 N–H and O–H groups in total. The average molecular weight is 232 g/mol. The second kappa shape index (κ2) is 4.63. The normalized spacial score (nSPS) is 12.0. The van der Waals surface area contributed by atoms with Crippen molar-refractivity contribution in [2.75, 3.05) is 17.6 Å². The Balaban J connectivity index is 2.45. The van der Waals surface area contributed by atoms with Crippen LogP contribution in [-0.2, 0) is 10.0 Å². The van der Waals surface area contributed by atoms with Crippen LogP contribution in [0.25, 0.3) is 0 Å². The molecular formula is C8H16N4O2S. The SMILES string of the molecule is CC(C)n1cc(NCCS(N)(=O)=O)cn1. The van der Waals surface area contributed by atoms with Gasteiger partial charge in [0, 0.05) is 18.8 Å². The monoisotopic (exact) mass is 232 g/mol. The lowest BCUT2D eigenvalue weighted by Crippen LogP contribution is -2.22. The fraction of sp³-hybridized carbons (Fsp3) is 0.625. The minimum absolute atomic E-state index is 0.0835. The summed E-state index contributed by atoms with van der Waals surface area (Å²) in [6, 6.07) is 0.291. The zero-order valence-electron chi connectivity index (χ0n) is 8.84. The summed E-state index contributed by atoms with van der Waals surface area (Å²) < 4.78 is 23.1. The quantitative estimate of drug-likeness (QED) is 0.757. The van der Waals surface area contributed by atoms with E-state index in [1.165, 1.54) is 0 Å². The molecular weight excluding hydrogens is 216 g/mol. The molecule has 86 valence electrons. The van der Waals surface area contributed by atoms with Crippen molar-refractivity contribution in [3.05, 3.63) is 12.4 Å². The number of sulfonamides is 1. The topological polar surface area (TPSA) is 90.0 Å². The first-order valence-electron chi connectivity index (χ1n) is 4.67. The molecule has 0 unspecified atom stereocenters. The zero-order valence-corrected chi connectivity index (χ0v) is 9.66. The molecule has 0 amide bonds. The van der Waals surface area contributed by atoms with Gasteiger partial charge in [-0.2, -0.15) is 5.10 Å². The van der Waals surface area contributed by atoms with Gasteiger partial charge in [-0.1, -0.05) is 0 Å². The van der Waals surface area contributed by atoms with E-state index in [1.807, 2.05) is 20.0 Å². The van der Waals surface area contributed by atoms with Gasteiger partial charge in [0.05, 0.1) is 17.6 Å². The predicted molar refractivity (Wildman–Crippen MR) is 59.1 cm³/mol. The number of nitrogens with zero attached hydrogens (tertiary/aromatic N) is 2. The Morgan fingerprint density at radius 3 is 2.73 bits per heavy atom. The van der Waals surface area contributed by atoms with Gasteiger partial charge >= 0.3 is 0 Å². The average Bonchev–Trinajstić information content (AvgIpc) is 2.50. The molecule has 1 aromatic heterocycles. The van der Waals surface area contributed by atoms with Crippen molar-refractivity contribution < 1.29 is 8.42 Å². The second-order valence-electron chi connectivity index (χ2n) is 3.60. The van der Waals surface area contributed by atoms with Crippen molar-refractivity contribution in [3.8, 4) is 0 Å². The Kier molecular flexibility index (Phi) is 3.70. The van der Waals surface area contributed by atoms with Crippen molar-refractivity contribution in [1.82, 2.24) is 9.78 Å². The van der Waals surface area contributed by atoms with Crippen LogP contribution in [0.1, 0.15) is 19.9 Å². The third-order valence-electron chi connectivity index (χ3n) is 1.85. The van der Waals surface area contributed by atoms with E-state index in [4.69, 9.17) is 5.14 Å². The van der Waals surface area contributed by atoms with Gasteiger partial charge in [-0.05, 0) is 13.8 Å². The summed E-state index contributed by atoms with van der Waals surface area (Å²) in [5.41, 5.74) is 0.798. The van der Waals surface area contributed by atoms with E-state index in [2.05, 4.69) is 10.4 Å². The van der Waals surface area contributed by atoms with E-state index in [-0.39, 0.29) is 5.75 Å². The van der Waals surface area contributed by atoms with E-state index in [1.54, 1.807) is 10.9 Å². The molecule has 0 spiro atoms. The minimum atomic E-state index is -3.39. The first-order valence-corrected chi connectivity index (χ1v) is 6.38. The summed E-state index contributed by atoms with van der Waals surface area (Å²) in [5.74, 6) is -0.0835. The maximum atomic E-state index is 10.7. The molecule has 0 aliphatic rings. The minimum Gasteiger partial charge on any atom is -0.381 e. The van der Waals surface area contributed by atoms with E-state index in [0.717, 1.165) is 5.69 Å². The molecule has 0 aromatic carbocycles. The van der Waals surface area contributed by atoms with Crippen molar-refractivity contribution in [2.45, 2.75) is 19.9 Å². The first kappa shape index (κ1) is 12.0. The lowest BCUT2D eigenvalue weighted by atomic mass is 10.4. The van der Waals surface area contributed by atoms with Gasteiger partial charge in [0.1, 0.15) is 0 Å². The molecule has 0 fully saturated rings. The predicted octanol–water partition coefficient (Wildman–Crippen LogP) is 0.164. The van der Waals surface area contributed by atoms with Crippen molar-refractivity contribution in [3.63, 3.8) is 0 Å². The summed E-state index contributed by atoms with van der Waals surface area (Å²) in [7, 11) is -3.39. The van der Waals surface area contributed by atoms with Crippen LogP contribution in [-0.4, -0.2) is 30.5 Å². The molecule has 0 saturated carbocycles. The van der Waals surface area contributed by atoms with Gasteiger partial charge < -0.3 is 5.32 Å². The number of hydrogen-bond acceptors (Lipinski definition) is 4. The van der Waals surface area contributed by atoms with Crippen LogP contribution in [0.15, 0.2) is 12.4 Å². The molecule has 7 heteroatoms. The van der Waals surface area contributed by atoms with E-state index in [0.29, 0.717) is 12.6 Å². The van der Waals surface area contributed by atoms with Crippen LogP contribution >= 0.6 is 0 Å². The van der Waals surface area contributed by atoms with E-state index in [9.17, 15) is 8.42 Å². The van der Waals surface area contributed by atoms with Crippen LogP contribution < -0.4 is 10.5 Å². The maximum Gasteiger partial charge on any atom is 0.210 e. The molecule has 0 saturated heterocycles. The van der Waals surface area contributed by atoms with Crippen molar-refractivity contribution in [2.24, 2.45) is 5.14 Å². The Bertz CT molecular complexity index is 410. The highest BCUT2D eigenvalue weighted by Gasteiger charge is 2.04. The molecule has 0 bridgehead atoms. The highest BCUT2D eigenvalue weighted by Crippen LogP contribution is 2.09. The van der Waals surface area contributed by atoms with Crippen LogP contribution in [0.5, 0.6) is 0 Å². The number of nitrogens with one attached hydrogen (secondary N) is 1. The fourth-order valence-corrected chi connectivity index (χ4v) is 1.44. The fourth-order valence-electron chi connectivity index (χ4n) is 1.05. The Labute approximate surface area is 89.5 Å². The summed E-state index contributed by atoms with van der Waals surface area (Å²) >= 11 is 0. The molecule has 0 aliphatic carbocycles. The molecule has 1 rings (SSSR count). The van der Waals surface area contributed by atoms with Crippen LogP contribution in [0.4, 0.5) is 5.69 Å². The molecule has 6 nitrogen and oxygen atoms in total. The lowest BCUT2D eigenvalue weighted by molar-refractivity contribution is 0.532. The first-order chi connectivity index (χ1) is 6.88. The summed E-state index contributed by atoms with van der Waals surface area (Å²) in [6.45, 7) is 4.32. The van der Waals surface area contributed by atoms with E-state index < -0.39 is 10.0 Å². The summed E-state index contributed by atoms with van der Waals surface area (Å²) in [5, 5.41) is 11.9. The van der Waals surface area contributed by atoms with Gasteiger partial charge in [-0.15, -0.1) is 0 Å². The Morgan fingerprint density at radius 1 is 1.60 bits per heavy atom. The third kappa shape index (κ3) is 4.30. The standard InChI is InChI=1S/C8H16N4O2S/c1-7(2)12-6-8(5-11-12)10-3-4-15(9,13)14/h5-7,10H,3-4H2,1-2H3,(H2,9,13,14). The lowest BCUT2D eigenvalue weighted by Gasteiger charge is -2.04. The zero-order chi connectivity index (χ0) is 11.5. The summed E-state index contributed by atoms with van der Waals surface area (Å²) in [6.07, 6.45) is 3.48. The molecule has 1 heterocycles. The largest absolute Gasteiger partial charge is 0.381 e. The number of aromatic nitrogens is 2. The highest BCUT2D eigenvalue weighted by molar-refractivity contribution is 7.89. The number of anilines is 1. The van der Waals surface area contributed by atoms with Gasteiger partial charge in [0.25, 0.3) is 0 Å². The molecule has 0 atom stereocenters. The third-order valence-corrected chi connectivity index (χ3v) is 2.62. The number of primary sulfonamides is 1. The van der Waals surface area contributed by atoms with Gasteiger partial charge in [0.2, 0.25) is 10.0 Å². The van der Waals surface area contributed by atoms with Gasteiger partial charge in [-0.25, -0.2) is 13.6 Å². The number of nitrogens with two attached hydrogens (primary N) is 1.